The van der Waals surface area contributed by atoms with Crippen molar-refractivity contribution in [3.8, 4) is 0 Å². The molecule has 3 rings (SSSR count). The highest BCUT2D eigenvalue weighted by Crippen LogP contribution is 2.14. The van der Waals surface area contributed by atoms with E-state index in [1.54, 1.807) is 12.5 Å². The van der Waals surface area contributed by atoms with Crippen LogP contribution >= 0.6 is 11.8 Å². The summed E-state index contributed by atoms with van der Waals surface area (Å²) < 4.78 is 4.99. The molecule has 1 saturated heterocycles. The van der Waals surface area contributed by atoms with Crippen LogP contribution in [0.1, 0.15) is 42.5 Å². The summed E-state index contributed by atoms with van der Waals surface area (Å²) in [6.07, 6.45) is 10.0. The number of aromatic nitrogens is 1. The molecule has 3 heterocycles. The Bertz CT molecular complexity index is 773. The normalized spacial score (nSPS) is 14.6. The van der Waals surface area contributed by atoms with Crippen LogP contribution < -0.4 is 5.32 Å². The molecular formula is C22H29N3O3S. The molecule has 0 aromatic carbocycles. The summed E-state index contributed by atoms with van der Waals surface area (Å²) >= 11 is 1.50. The Morgan fingerprint density at radius 1 is 1.17 bits per heavy atom. The summed E-state index contributed by atoms with van der Waals surface area (Å²) in [6, 6.07) is 6.04. The summed E-state index contributed by atoms with van der Waals surface area (Å²) in [6.45, 7) is 3.36. The molecule has 0 saturated carbocycles. The number of hydrogen-bond acceptors (Lipinski definition) is 6. The van der Waals surface area contributed by atoms with Crippen LogP contribution in [0.15, 0.2) is 41.3 Å². The number of piperidine rings is 1. The van der Waals surface area contributed by atoms with Crippen molar-refractivity contribution in [2.24, 2.45) is 0 Å². The fourth-order valence-electron chi connectivity index (χ4n) is 3.38. The highest BCUT2D eigenvalue weighted by molar-refractivity contribution is 7.99. The maximum Gasteiger partial charge on any atom is 0.230 e. The van der Waals surface area contributed by atoms with Gasteiger partial charge in [-0.25, -0.2) is 0 Å². The van der Waals surface area contributed by atoms with E-state index in [4.69, 9.17) is 4.42 Å². The lowest BCUT2D eigenvalue weighted by molar-refractivity contribution is -0.123. The Labute approximate surface area is 176 Å². The molecule has 1 fully saturated rings. The number of ketones is 1. The average molecular weight is 416 g/mol. The molecule has 7 heteroatoms. The van der Waals surface area contributed by atoms with Gasteiger partial charge in [-0.2, -0.15) is 0 Å². The van der Waals surface area contributed by atoms with Gasteiger partial charge in [0.15, 0.2) is 5.78 Å². The molecule has 1 N–H and O–H groups in total. The lowest BCUT2D eigenvalue weighted by Gasteiger charge is -2.26. The fourth-order valence-corrected chi connectivity index (χ4v) is 4.17. The molecule has 156 valence electrons. The molecule has 2 aromatic rings. The third-order valence-corrected chi connectivity index (χ3v) is 5.96. The van der Waals surface area contributed by atoms with E-state index in [1.165, 1.54) is 36.6 Å². The summed E-state index contributed by atoms with van der Waals surface area (Å²) in [5, 5.41) is 2.70. The van der Waals surface area contributed by atoms with E-state index in [2.05, 4.69) is 27.3 Å². The maximum atomic E-state index is 12.1. The lowest BCUT2D eigenvalue weighted by atomic mass is 10.1. The van der Waals surface area contributed by atoms with Gasteiger partial charge in [0, 0.05) is 36.2 Å². The first-order chi connectivity index (χ1) is 14.2. The van der Waals surface area contributed by atoms with E-state index in [-0.39, 0.29) is 18.2 Å². The van der Waals surface area contributed by atoms with Gasteiger partial charge in [-0.15, -0.1) is 11.8 Å². The molecule has 1 amide bonds. The van der Waals surface area contributed by atoms with Crippen molar-refractivity contribution in [2.45, 2.75) is 44.4 Å². The molecule has 0 spiro atoms. The van der Waals surface area contributed by atoms with Crippen LogP contribution in [0.4, 0.5) is 0 Å². The fraction of sp³-hybridized carbons (Fsp3) is 0.500. The van der Waals surface area contributed by atoms with Gasteiger partial charge in [-0.3, -0.25) is 19.5 Å². The van der Waals surface area contributed by atoms with Gasteiger partial charge in [0.2, 0.25) is 5.91 Å². The van der Waals surface area contributed by atoms with Crippen molar-refractivity contribution in [1.82, 2.24) is 15.2 Å². The van der Waals surface area contributed by atoms with Crippen LogP contribution in [0.25, 0.3) is 0 Å². The van der Waals surface area contributed by atoms with Crippen LogP contribution in [0.5, 0.6) is 0 Å². The number of carbonyl (C=O) groups is 2. The molecule has 6 nitrogen and oxygen atoms in total. The Morgan fingerprint density at radius 3 is 2.83 bits per heavy atom. The number of aryl methyl sites for hydroxylation is 1. The molecule has 0 atom stereocenters. The average Bonchev–Trinajstić information content (AvgIpc) is 3.25. The molecule has 2 aromatic heterocycles. The number of likely N-dealkylation sites (tertiary alicyclic amines) is 1. The van der Waals surface area contributed by atoms with E-state index in [0.29, 0.717) is 18.6 Å². The van der Waals surface area contributed by atoms with Gasteiger partial charge in [0.1, 0.15) is 0 Å². The van der Waals surface area contributed by atoms with Crippen LogP contribution in [-0.2, 0) is 28.3 Å². The predicted octanol–water partition coefficient (Wildman–Crippen LogP) is 3.21. The van der Waals surface area contributed by atoms with Crippen LogP contribution in [0.2, 0.25) is 0 Å². The molecule has 1 aliphatic heterocycles. The number of rotatable bonds is 11. The second-order valence-corrected chi connectivity index (χ2v) is 8.42. The summed E-state index contributed by atoms with van der Waals surface area (Å²) in [5.41, 5.74) is 3.25. The first kappa shape index (κ1) is 21.6. The van der Waals surface area contributed by atoms with Crippen molar-refractivity contribution in [1.29, 1.82) is 0 Å². The molecule has 0 bridgehead atoms. The molecule has 29 heavy (non-hydrogen) atoms. The highest BCUT2D eigenvalue weighted by atomic mass is 32.2. The van der Waals surface area contributed by atoms with Crippen molar-refractivity contribution >= 4 is 23.5 Å². The van der Waals surface area contributed by atoms with Crippen LogP contribution in [-0.4, -0.2) is 47.0 Å². The van der Waals surface area contributed by atoms with E-state index in [1.807, 2.05) is 12.3 Å². The second-order valence-electron chi connectivity index (χ2n) is 7.43. The molecular weight excluding hydrogens is 386 g/mol. The number of nitrogens with one attached hydrogen (secondary N) is 1. The lowest BCUT2D eigenvalue weighted by Crippen LogP contribution is -2.31. The van der Waals surface area contributed by atoms with Crippen molar-refractivity contribution in [2.75, 3.05) is 25.4 Å². The number of carbonyl (C=O) groups excluding carboxylic acids is 2. The van der Waals surface area contributed by atoms with Gasteiger partial charge >= 0.3 is 0 Å². The second kappa shape index (κ2) is 11.8. The molecule has 1 aliphatic rings. The van der Waals surface area contributed by atoms with Gasteiger partial charge < -0.3 is 9.73 Å². The number of nitrogens with zero attached hydrogens (tertiary/aromatic N) is 2. The van der Waals surface area contributed by atoms with Gasteiger partial charge in [-0.1, -0.05) is 6.42 Å². The minimum absolute atomic E-state index is 0.0291. The van der Waals surface area contributed by atoms with Gasteiger partial charge in [-0.05, 0) is 56.1 Å². The number of amides is 1. The zero-order valence-corrected chi connectivity index (χ0v) is 17.6. The van der Waals surface area contributed by atoms with E-state index in [0.717, 1.165) is 36.6 Å². The highest BCUT2D eigenvalue weighted by Gasteiger charge is 2.11. The minimum Gasteiger partial charge on any atom is -0.472 e. The topological polar surface area (TPSA) is 75.4 Å². The van der Waals surface area contributed by atoms with E-state index >= 15 is 0 Å². The zero-order chi connectivity index (χ0) is 20.3. The Balaban J connectivity index is 1.32. The van der Waals surface area contributed by atoms with Gasteiger partial charge in [0.05, 0.1) is 24.8 Å². The quantitative estimate of drug-likeness (QED) is 0.607. The number of pyridine rings is 1. The molecule has 0 radical (unpaired) electrons. The number of Topliss-reactive ketones (excluding diaryl/α,β-unsaturated/α-hetero) is 1. The third kappa shape index (κ3) is 8.03. The predicted molar refractivity (Wildman–Crippen MR) is 115 cm³/mol. The number of thioether (sulfide) groups is 1. The number of hydrogen-bond donors (Lipinski definition) is 1. The molecule has 0 aliphatic carbocycles. The van der Waals surface area contributed by atoms with Crippen LogP contribution in [0.3, 0.4) is 0 Å². The molecule has 0 unspecified atom stereocenters. The number of furan rings is 1. The monoisotopic (exact) mass is 415 g/mol. The van der Waals surface area contributed by atoms with Crippen LogP contribution in [0, 0.1) is 0 Å². The first-order valence-electron chi connectivity index (χ1n) is 10.2. The van der Waals surface area contributed by atoms with Gasteiger partial charge in [0.25, 0.3) is 0 Å². The minimum atomic E-state index is -0.117. The standard InChI is InChI=1S/C22H29N3O3S/c26-21(13-24-22(27)17-29-16-19-7-11-28-15-19)5-4-20-12-18(6-8-23-20)14-25-9-2-1-3-10-25/h6-8,11-12,15H,1-5,9-10,13-14,16-17H2,(H,24,27). The van der Waals surface area contributed by atoms with Crippen molar-refractivity contribution in [3.63, 3.8) is 0 Å². The first-order valence-corrected chi connectivity index (χ1v) is 11.4. The maximum absolute atomic E-state index is 12.1. The Morgan fingerprint density at radius 2 is 2.03 bits per heavy atom. The smallest absolute Gasteiger partial charge is 0.230 e. The van der Waals surface area contributed by atoms with Crippen molar-refractivity contribution in [3.05, 3.63) is 53.7 Å². The van der Waals surface area contributed by atoms with Crippen molar-refractivity contribution < 1.29 is 14.0 Å². The Hall–Kier alpha value is -2.12. The summed E-state index contributed by atoms with van der Waals surface area (Å²) in [5.74, 6) is 0.963. The Kier molecular flexibility index (Phi) is 8.77. The van der Waals surface area contributed by atoms with E-state index < -0.39 is 0 Å². The summed E-state index contributed by atoms with van der Waals surface area (Å²) in [4.78, 5) is 30.8. The third-order valence-electron chi connectivity index (χ3n) is 4.96. The largest absolute Gasteiger partial charge is 0.472 e. The SMILES string of the molecule is O=C(CCc1cc(CN2CCCCC2)ccn1)CNC(=O)CSCc1ccoc1. The van der Waals surface area contributed by atoms with E-state index in [9.17, 15) is 9.59 Å². The zero-order valence-electron chi connectivity index (χ0n) is 16.8. The summed E-state index contributed by atoms with van der Waals surface area (Å²) in [7, 11) is 0.